The molecule has 2 rings (SSSR count). The van der Waals surface area contributed by atoms with Crippen LogP contribution in [0.25, 0.3) is 0 Å². The quantitative estimate of drug-likeness (QED) is 0.922. The molecule has 0 saturated carbocycles. The SMILES string of the molecule is Cc1cccc(CNc2ccc(C)c(Br)c2)n1. The lowest BCUT2D eigenvalue weighted by molar-refractivity contribution is 1.01. The molecule has 88 valence electrons. The largest absolute Gasteiger partial charge is 0.379 e. The highest BCUT2D eigenvalue weighted by atomic mass is 79.9. The van der Waals surface area contributed by atoms with E-state index in [1.807, 2.05) is 25.1 Å². The van der Waals surface area contributed by atoms with Gasteiger partial charge in [-0.3, -0.25) is 4.98 Å². The summed E-state index contributed by atoms with van der Waals surface area (Å²) in [5.41, 5.74) is 4.45. The van der Waals surface area contributed by atoms with Gasteiger partial charge in [0.05, 0.1) is 12.2 Å². The molecule has 1 aromatic carbocycles. The molecule has 0 fully saturated rings. The molecule has 1 N–H and O–H groups in total. The van der Waals surface area contributed by atoms with E-state index < -0.39 is 0 Å². The summed E-state index contributed by atoms with van der Waals surface area (Å²) < 4.78 is 1.12. The third-order valence-electron chi connectivity index (χ3n) is 2.59. The van der Waals surface area contributed by atoms with Crippen LogP contribution in [0.4, 0.5) is 5.69 Å². The Bertz CT molecular complexity index is 523. The normalized spacial score (nSPS) is 10.3. The lowest BCUT2D eigenvalue weighted by Crippen LogP contribution is -2.02. The summed E-state index contributed by atoms with van der Waals surface area (Å²) >= 11 is 3.53. The number of aryl methyl sites for hydroxylation is 2. The standard InChI is InChI=1S/C14H15BrN2/c1-10-6-7-12(8-14(10)15)16-9-13-5-3-4-11(2)17-13/h3-8,16H,9H2,1-2H3. The Morgan fingerprint density at radius 1 is 1.18 bits per heavy atom. The molecule has 0 radical (unpaired) electrons. The van der Waals surface area contributed by atoms with Crippen molar-refractivity contribution < 1.29 is 0 Å². The second-order valence-corrected chi connectivity index (χ2v) is 4.94. The molecule has 0 bridgehead atoms. The molecule has 0 aliphatic heterocycles. The lowest BCUT2D eigenvalue weighted by Gasteiger charge is -2.08. The zero-order valence-corrected chi connectivity index (χ0v) is 11.6. The molecule has 1 aromatic heterocycles. The first kappa shape index (κ1) is 12.1. The van der Waals surface area contributed by atoms with Gasteiger partial charge in [-0.1, -0.05) is 28.1 Å². The summed E-state index contributed by atoms with van der Waals surface area (Å²) in [5, 5.41) is 3.36. The smallest absolute Gasteiger partial charge is 0.0597 e. The Labute approximate surface area is 110 Å². The molecular weight excluding hydrogens is 276 g/mol. The van der Waals surface area contributed by atoms with Crippen molar-refractivity contribution in [2.45, 2.75) is 20.4 Å². The lowest BCUT2D eigenvalue weighted by atomic mass is 10.2. The van der Waals surface area contributed by atoms with E-state index in [2.05, 4.69) is 51.4 Å². The summed E-state index contributed by atoms with van der Waals surface area (Å²) in [6.07, 6.45) is 0. The molecule has 17 heavy (non-hydrogen) atoms. The molecular formula is C14H15BrN2. The Morgan fingerprint density at radius 3 is 2.71 bits per heavy atom. The van der Waals surface area contributed by atoms with E-state index in [1.165, 1.54) is 5.56 Å². The third kappa shape index (κ3) is 3.30. The summed E-state index contributed by atoms with van der Waals surface area (Å²) in [4.78, 5) is 4.45. The maximum absolute atomic E-state index is 4.45. The van der Waals surface area contributed by atoms with Crippen molar-refractivity contribution in [1.29, 1.82) is 0 Å². The van der Waals surface area contributed by atoms with Gasteiger partial charge in [0.1, 0.15) is 0 Å². The van der Waals surface area contributed by atoms with Crippen molar-refractivity contribution in [3.05, 3.63) is 57.8 Å². The van der Waals surface area contributed by atoms with Crippen LogP contribution in [0.3, 0.4) is 0 Å². The second kappa shape index (κ2) is 5.32. The van der Waals surface area contributed by atoms with Gasteiger partial charge in [-0.15, -0.1) is 0 Å². The van der Waals surface area contributed by atoms with Crippen LogP contribution >= 0.6 is 15.9 Å². The van der Waals surface area contributed by atoms with Crippen molar-refractivity contribution in [1.82, 2.24) is 4.98 Å². The molecule has 0 saturated heterocycles. The van der Waals surface area contributed by atoms with Crippen LogP contribution in [0.5, 0.6) is 0 Å². The third-order valence-corrected chi connectivity index (χ3v) is 3.45. The van der Waals surface area contributed by atoms with Crippen LogP contribution in [0, 0.1) is 13.8 Å². The number of hydrogen-bond acceptors (Lipinski definition) is 2. The first-order valence-corrected chi connectivity index (χ1v) is 6.37. The van der Waals surface area contributed by atoms with E-state index in [0.29, 0.717) is 0 Å². The number of rotatable bonds is 3. The van der Waals surface area contributed by atoms with Gasteiger partial charge in [-0.25, -0.2) is 0 Å². The fourth-order valence-electron chi connectivity index (χ4n) is 1.59. The number of nitrogens with zero attached hydrogens (tertiary/aromatic N) is 1. The van der Waals surface area contributed by atoms with E-state index in [0.717, 1.165) is 28.1 Å². The highest BCUT2D eigenvalue weighted by molar-refractivity contribution is 9.10. The number of nitrogens with one attached hydrogen (secondary N) is 1. The molecule has 0 aliphatic rings. The van der Waals surface area contributed by atoms with Gasteiger partial charge in [0.2, 0.25) is 0 Å². The molecule has 2 nitrogen and oxygen atoms in total. The maximum atomic E-state index is 4.45. The Hall–Kier alpha value is -1.35. The van der Waals surface area contributed by atoms with Crippen LogP contribution in [0.1, 0.15) is 17.0 Å². The van der Waals surface area contributed by atoms with Gasteiger partial charge in [0, 0.05) is 15.9 Å². The number of benzene rings is 1. The molecule has 1 heterocycles. The number of anilines is 1. The average molecular weight is 291 g/mol. The summed E-state index contributed by atoms with van der Waals surface area (Å²) in [6.45, 7) is 4.83. The van der Waals surface area contributed by atoms with E-state index in [4.69, 9.17) is 0 Å². The predicted octanol–water partition coefficient (Wildman–Crippen LogP) is 4.07. The highest BCUT2D eigenvalue weighted by Crippen LogP contribution is 2.20. The summed E-state index contributed by atoms with van der Waals surface area (Å²) in [5.74, 6) is 0. The fraction of sp³-hybridized carbons (Fsp3) is 0.214. The van der Waals surface area contributed by atoms with Crippen molar-refractivity contribution in [2.24, 2.45) is 0 Å². The Balaban J connectivity index is 2.05. The first-order chi connectivity index (χ1) is 8.15. The first-order valence-electron chi connectivity index (χ1n) is 5.58. The number of pyridine rings is 1. The molecule has 0 atom stereocenters. The highest BCUT2D eigenvalue weighted by Gasteiger charge is 1.98. The van der Waals surface area contributed by atoms with E-state index in [-0.39, 0.29) is 0 Å². The van der Waals surface area contributed by atoms with Gasteiger partial charge in [-0.05, 0) is 43.7 Å². The number of aromatic nitrogens is 1. The van der Waals surface area contributed by atoms with Crippen LogP contribution in [-0.2, 0) is 6.54 Å². The van der Waals surface area contributed by atoms with Crippen molar-refractivity contribution in [2.75, 3.05) is 5.32 Å². The topological polar surface area (TPSA) is 24.9 Å². The van der Waals surface area contributed by atoms with Gasteiger partial charge in [0.25, 0.3) is 0 Å². The maximum Gasteiger partial charge on any atom is 0.0597 e. The predicted molar refractivity (Wildman–Crippen MR) is 75.2 cm³/mol. The van der Waals surface area contributed by atoms with Gasteiger partial charge in [-0.2, -0.15) is 0 Å². The molecule has 0 amide bonds. The summed E-state index contributed by atoms with van der Waals surface area (Å²) in [6, 6.07) is 12.3. The van der Waals surface area contributed by atoms with Crippen molar-refractivity contribution >= 4 is 21.6 Å². The van der Waals surface area contributed by atoms with Crippen LogP contribution < -0.4 is 5.32 Å². The van der Waals surface area contributed by atoms with Gasteiger partial charge >= 0.3 is 0 Å². The molecule has 0 aliphatic carbocycles. The number of halogens is 1. The minimum Gasteiger partial charge on any atom is -0.379 e. The molecule has 3 heteroatoms. The Kier molecular flexibility index (Phi) is 3.79. The molecule has 0 spiro atoms. The van der Waals surface area contributed by atoms with Crippen molar-refractivity contribution in [3.63, 3.8) is 0 Å². The summed E-state index contributed by atoms with van der Waals surface area (Å²) in [7, 11) is 0. The van der Waals surface area contributed by atoms with E-state index >= 15 is 0 Å². The van der Waals surface area contributed by atoms with E-state index in [9.17, 15) is 0 Å². The van der Waals surface area contributed by atoms with Crippen LogP contribution in [-0.4, -0.2) is 4.98 Å². The Morgan fingerprint density at radius 2 is 2.00 bits per heavy atom. The van der Waals surface area contributed by atoms with Gasteiger partial charge in [0.15, 0.2) is 0 Å². The zero-order valence-electron chi connectivity index (χ0n) is 10.00. The monoisotopic (exact) mass is 290 g/mol. The second-order valence-electron chi connectivity index (χ2n) is 4.09. The average Bonchev–Trinajstić information content (AvgIpc) is 2.31. The fourth-order valence-corrected chi connectivity index (χ4v) is 1.97. The molecule has 0 unspecified atom stereocenters. The minimum atomic E-state index is 0.747. The minimum absolute atomic E-state index is 0.747. The van der Waals surface area contributed by atoms with Crippen LogP contribution in [0.2, 0.25) is 0 Å². The van der Waals surface area contributed by atoms with Crippen LogP contribution in [0.15, 0.2) is 40.9 Å². The van der Waals surface area contributed by atoms with Crippen molar-refractivity contribution in [3.8, 4) is 0 Å². The number of hydrogen-bond donors (Lipinski definition) is 1. The molecule has 2 aromatic rings. The zero-order chi connectivity index (χ0) is 12.3. The van der Waals surface area contributed by atoms with Gasteiger partial charge < -0.3 is 5.32 Å². The van der Waals surface area contributed by atoms with E-state index in [1.54, 1.807) is 0 Å².